The van der Waals surface area contributed by atoms with E-state index >= 15 is 0 Å². The lowest BCUT2D eigenvalue weighted by molar-refractivity contribution is -0.137. The predicted molar refractivity (Wildman–Crippen MR) is 77.8 cm³/mol. The number of amides is 3. The van der Waals surface area contributed by atoms with Gasteiger partial charge in [0.05, 0.1) is 5.69 Å². The molecule has 1 aromatic rings. The first-order valence-electron chi connectivity index (χ1n) is 5.56. The molecule has 0 unspecified atom stereocenters. The summed E-state index contributed by atoms with van der Waals surface area (Å²) in [5.41, 5.74) is 0.610. The molecule has 3 amide bonds. The quantitative estimate of drug-likeness (QED) is 0.687. The Kier molecular flexibility index (Phi) is 6.26. The molecule has 7 heteroatoms. The summed E-state index contributed by atoms with van der Waals surface area (Å²) in [5, 5.41) is 13.1. The first-order chi connectivity index (χ1) is 8.99. The predicted octanol–water partition coefficient (Wildman–Crippen LogP) is 2.19. The van der Waals surface area contributed by atoms with E-state index in [9.17, 15) is 14.4 Å². The van der Waals surface area contributed by atoms with Gasteiger partial charge in [0.2, 0.25) is 5.91 Å². The van der Waals surface area contributed by atoms with Gasteiger partial charge < -0.3 is 10.4 Å². The second-order valence-electron chi connectivity index (χ2n) is 3.73. The van der Waals surface area contributed by atoms with Crippen molar-refractivity contribution < 1.29 is 19.5 Å². The van der Waals surface area contributed by atoms with Crippen molar-refractivity contribution >= 4 is 46.2 Å². The van der Waals surface area contributed by atoms with Crippen LogP contribution < -0.4 is 10.6 Å². The van der Waals surface area contributed by atoms with E-state index in [1.165, 1.54) is 0 Å². The number of carbonyl (C=O) groups excluding carboxylic acids is 2. The van der Waals surface area contributed by atoms with Gasteiger partial charge in [-0.15, -0.1) is 0 Å². The van der Waals surface area contributed by atoms with Crippen LogP contribution in [0.1, 0.15) is 19.3 Å². The van der Waals surface area contributed by atoms with Crippen LogP contribution in [-0.2, 0) is 9.59 Å². The van der Waals surface area contributed by atoms with Crippen LogP contribution in [0, 0.1) is 3.57 Å². The van der Waals surface area contributed by atoms with Crippen molar-refractivity contribution in [2.45, 2.75) is 19.3 Å². The van der Waals surface area contributed by atoms with Crippen molar-refractivity contribution in [1.82, 2.24) is 5.32 Å². The Hall–Kier alpha value is -1.64. The average molecular weight is 376 g/mol. The SMILES string of the molecule is O=C(O)CCCC(=O)NC(=O)Nc1ccccc1I. The Morgan fingerprint density at radius 1 is 1.16 bits per heavy atom. The van der Waals surface area contributed by atoms with E-state index < -0.39 is 17.9 Å². The van der Waals surface area contributed by atoms with E-state index in [1.807, 2.05) is 12.1 Å². The zero-order chi connectivity index (χ0) is 14.3. The number of imide groups is 1. The molecular weight excluding hydrogens is 363 g/mol. The van der Waals surface area contributed by atoms with Gasteiger partial charge in [0.1, 0.15) is 0 Å². The highest BCUT2D eigenvalue weighted by Gasteiger charge is 2.09. The van der Waals surface area contributed by atoms with Crippen molar-refractivity contribution in [2.75, 3.05) is 5.32 Å². The molecule has 0 spiro atoms. The number of carboxylic acid groups (broad SMARTS) is 1. The summed E-state index contributed by atoms with van der Waals surface area (Å²) in [7, 11) is 0. The third kappa shape index (κ3) is 6.18. The molecular formula is C12H13IN2O4. The fourth-order valence-corrected chi connectivity index (χ4v) is 1.83. The third-order valence-corrected chi connectivity index (χ3v) is 3.11. The number of urea groups is 1. The fourth-order valence-electron chi connectivity index (χ4n) is 1.31. The fraction of sp³-hybridized carbons (Fsp3) is 0.250. The monoisotopic (exact) mass is 376 g/mol. The topological polar surface area (TPSA) is 95.5 Å². The number of halogens is 1. The molecule has 0 saturated carbocycles. The number of aliphatic carboxylic acids is 1. The van der Waals surface area contributed by atoms with Crippen molar-refractivity contribution in [1.29, 1.82) is 0 Å². The largest absolute Gasteiger partial charge is 0.481 e. The molecule has 1 aromatic carbocycles. The molecule has 3 N–H and O–H groups in total. The Balaban J connectivity index is 2.37. The van der Waals surface area contributed by atoms with Crippen LogP contribution in [-0.4, -0.2) is 23.0 Å². The van der Waals surface area contributed by atoms with Crippen LogP contribution in [0.5, 0.6) is 0 Å². The molecule has 0 aromatic heterocycles. The van der Waals surface area contributed by atoms with Gasteiger partial charge >= 0.3 is 12.0 Å². The van der Waals surface area contributed by atoms with Crippen molar-refractivity contribution in [3.63, 3.8) is 0 Å². The highest BCUT2D eigenvalue weighted by Crippen LogP contribution is 2.16. The second-order valence-corrected chi connectivity index (χ2v) is 4.89. The Labute approximate surface area is 123 Å². The van der Waals surface area contributed by atoms with Crippen LogP contribution in [0.2, 0.25) is 0 Å². The lowest BCUT2D eigenvalue weighted by atomic mass is 10.2. The number of nitrogens with one attached hydrogen (secondary N) is 2. The highest BCUT2D eigenvalue weighted by atomic mass is 127. The van der Waals surface area contributed by atoms with Crippen LogP contribution in [0.3, 0.4) is 0 Å². The van der Waals surface area contributed by atoms with E-state index in [2.05, 4.69) is 33.2 Å². The maximum absolute atomic E-state index is 11.5. The Morgan fingerprint density at radius 2 is 1.84 bits per heavy atom. The minimum atomic E-state index is -0.962. The lowest BCUT2D eigenvalue weighted by Crippen LogP contribution is -2.34. The van der Waals surface area contributed by atoms with Crippen molar-refractivity contribution in [2.24, 2.45) is 0 Å². The van der Waals surface area contributed by atoms with E-state index in [0.717, 1.165) is 3.57 Å². The summed E-state index contributed by atoms with van der Waals surface area (Å²) in [5.74, 6) is -1.46. The van der Waals surface area contributed by atoms with E-state index in [1.54, 1.807) is 12.1 Å². The summed E-state index contributed by atoms with van der Waals surface area (Å²) in [6.07, 6.45) is 0.120. The number of para-hydroxylation sites is 1. The molecule has 0 aliphatic rings. The molecule has 102 valence electrons. The van der Waals surface area contributed by atoms with Crippen LogP contribution in [0.15, 0.2) is 24.3 Å². The van der Waals surface area contributed by atoms with E-state index in [0.29, 0.717) is 5.69 Å². The summed E-state index contributed by atoms with van der Waals surface area (Å²) < 4.78 is 0.855. The van der Waals surface area contributed by atoms with Gasteiger partial charge in [-0.1, -0.05) is 12.1 Å². The summed E-state index contributed by atoms with van der Waals surface area (Å²) in [6.45, 7) is 0. The van der Waals surface area contributed by atoms with Crippen LogP contribution in [0.4, 0.5) is 10.5 Å². The Morgan fingerprint density at radius 3 is 2.47 bits per heavy atom. The normalized spacial score (nSPS) is 9.74. The van der Waals surface area contributed by atoms with Crippen LogP contribution >= 0.6 is 22.6 Å². The second kappa shape index (κ2) is 7.72. The molecule has 0 heterocycles. The summed E-state index contributed by atoms with van der Waals surface area (Å²) in [4.78, 5) is 33.1. The van der Waals surface area contributed by atoms with Gasteiger partial charge in [-0.05, 0) is 41.1 Å². The first kappa shape index (κ1) is 15.4. The molecule has 1 rings (SSSR count). The van der Waals surface area contributed by atoms with Crippen molar-refractivity contribution in [3.05, 3.63) is 27.8 Å². The van der Waals surface area contributed by atoms with E-state index in [4.69, 9.17) is 5.11 Å². The van der Waals surface area contributed by atoms with Gasteiger partial charge in [-0.3, -0.25) is 14.9 Å². The van der Waals surface area contributed by atoms with Crippen LogP contribution in [0.25, 0.3) is 0 Å². The standard InChI is InChI=1S/C12H13IN2O4/c13-8-4-1-2-5-9(8)14-12(19)15-10(16)6-3-7-11(17)18/h1-2,4-5H,3,6-7H2,(H,17,18)(H2,14,15,16,19). The Bertz CT molecular complexity index is 490. The number of benzene rings is 1. The van der Waals surface area contributed by atoms with Gasteiger partial charge in [0, 0.05) is 16.4 Å². The minimum Gasteiger partial charge on any atom is -0.481 e. The number of anilines is 1. The molecule has 0 atom stereocenters. The van der Waals surface area contributed by atoms with Crippen molar-refractivity contribution in [3.8, 4) is 0 Å². The number of rotatable bonds is 5. The molecule has 6 nitrogen and oxygen atoms in total. The maximum Gasteiger partial charge on any atom is 0.325 e. The maximum atomic E-state index is 11.5. The summed E-state index contributed by atoms with van der Waals surface area (Å²) >= 11 is 2.06. The first-order valence-corrected chi connectivity index (χ1v) is 6.64. The number of hydrogen-bond acceptors (Lipinski definition) is 3. The molecule has 0 saturated heterocycles. The third-order valence-electron chi connectivity index (χ3n) is 2.17. The highest BCUT2D eigenvalue weighted by molar-refractivity contribution is 14.1. The molecule has 0 fully saturated rings. The molecule has 19 heavy (non-hydrogen) atoms. The smallest absolute Gasteiger partial charge is 0.325 e. The van der Waals surface area contributed by atoms with Gasteiger partial charge in [0.15, 0.2) is 0 Å². The van der Waals surface area contributed by atoms with Gasteiger partial charge in [-0.25, -0.2) is 4.79 Å². The summed E-state index contributed by atoms with van der Waals surface area (Å²) in [6, 6.07) is 6.53. The molecule has 0 aliphatic heterocycles. The number of carboxylic acids is 1. The van der Waals surface area contributed by atoms with Gasteiger partial charge in [0.25, 0.3) is 0 Å². The average Bonchev–Trinajstić information content (AvgIpc) is 2.31. The lowest BCUT2D eigenvalue weighted by Gasteiger charge is -2.07. The zero-order valence-corrected chi connectivity index (χ0v) is 12.1. The minimum absolute atomic E-state index is 0.00556. The van der Waals surface area contributed by atoms with E-state index in [-0.39, 0.29) is 19.3 Å². The molecule has 0 aliphatic carbocycles. The molecule has 0 radical (unpaired) electrons. The number of carbonyl (C=O) groups is 3. The molecule has 0 bridgehead atoms. The van der Waals surface area contributed by atoms with Gasteiger partial charge in [-0.2, -0.15) is 0 Å². The zero-order valence-electron chi connectivity index (χ0n) is 9.98. The number of hydrogen-bond donors (Lipinski definition) is 3.